The normalized spacial score (nSPS) is 15.1. The van der Waals surface area contributed by atoms with E-state index in [0.29, 0.717) is 0 Å². The number of nitrogens with one attached hydrogen (secondary N) is 1. The molecule has 0 aromatic rings. The number of amides is 1. The Bertz CT molecular complexity index is 210. The summed E-state index contributed by atoms with van der Waals surface area (Å²) >= 11 is 3.06. The number of alkyl halides is 4. The third-order valence-electron chi connectivity index (χ3n) is 1.46. The SMILES string of the molecule is CC(CC(F)(F)F)NC(=O)C(C)(C)Br. The lowest BCUT2D eigenvalue weighted by Crippen LogP contribution is -2.43. The highest BCUT2D eigenvalue weighted by molar-refractivity contribution is 9.10. The molecule has 0 spiro atoms. The van der Waals surface area contributed by atoms with Crippen molar-refractivity contribution in [1.29, 1.82) is 0 Å². The molecule has 1 atom stereocenters. The van der Waals surface area contributed by atoms with E-state index in [1.54, 1.807) is 13.8 Å². The topological polar surface area (TPSA) is 29.1 Å². The molecule has 1 amide bonds. The van der Waals surface area contributed by atoms with E-state index in [1.165, 1.54) is 6.92 Å². The maximum atomic E-state index is 11.9. The van der Waals surface area contributed by atoms with Crippen LogP contribution in [0.25, 0.3) is 0 Å². The lowest BCUT2D eigenvalue weighted by atomic mass is 10.1. The van der Waals surface area contributed by atoms with Crippen LogP contribution in [0.1, 0.15) is 27.2 Å². The molecule has 1 unspecified atom stereocenters. The van der Waals surface area contributed by atoms with Crippen LogP contribution in [-0.4, -0.2) is 22.4 Å². The Hall–Kier alpha value is -0.260. The Labute approximate surface area is 89.4 Å². The molecule has 0 fully saturated rings. The predicted octanol–water partition coefficient (Wildman–Crippen LogP) is 2.62. The second-order valence-electron chi connectivity index (χ2n) is 3.67. The van der Waals surface area contributed by atoms with E-state index in [0.717, 1.165) is 0 Å². The molecule has 1 N–H and O–H groups in total. The largest absolute Gasteiger partial charge is 0.391 e. The molecule has 2 nitrogen and oxygen atoms in total. The van der Waals surface area contributed by atoms with Crippen molar-refractivity contribution in [2.45, 2.75) is 43.7 Å². The van der Waals surface area contributed by atoms with Gasteiger partial charge in [-0.05, 0) is 20.8 Å². The summed E-state index contributed by atoms with van der Waals surface area (Å²) in [5.74, 6) is -0.450. The zero-order valence-corrected chi connectivity index (χ0v) is 9.79. The average molecular weight is 276 g/mol. The Morgan fingerprint density at radius 3 is 2.14 bits per heavy atom. The van der Waals surface area contributed by atoms with Crippen LogP contribution in [0.5, 0.6) is 0 Å². The maximum Gasteiger partial charge on any atom is 0.391 e. The number of hydrogen-bond donors (Lipinski definition) is 1. The van der Waals surface area contributed by atoms with Crippen molar-refractivity contribution in [1.82, 2.24) is 5.32 Å². The second kappa shape index (κ2) is 4.51. The van der Waals surface area contributed by atoms with Gasteiger partial charge in [-0.3, -0.25) is 4.79 Å². The van der Waals surface area contributed by atoms with Crippen LogP contribution >= 0.6 is 15.9 Å². The van der Waals surface area contributed by atoms with Gasteiger partial charge in [-0.15, -0.1) is 0 Å². The molecular weight excluding hydrogens is 263 g/mol. The molecule has 14 heavy (non-hydrogen) atoms. The van der Waals surface area contributed by atoms with Gasteiger partial charge in [-0.25, -0.2) is 0 Å². The first kappa shape index (κ1) is 13.7. The summed E-state index contributed by atoms with van der Waals surface area (Å²) in [5.41, 5.74) is 0. The molecule has 0 aliphatic rings. The Kier molecular flexibility index (Phi) is 4.42. The smallest absolute Gasteiger partial charge is 0.352 e. The molecule has 0 saturated heterocycles. The molecule has 0 aromatic carbocycles. The standard InChI is InChI=1S/C8H13BrF3NO/c1-5(4-8(10,11)12)13-6(14)7(2,3)9/h5H,4H2,1-3H3,(H,13,14). The van der Waals surface area contributed by atoms with Crippen LogP contribution in [0.2, 0.25) is 0 Å². The summed E-state index contributed by atoms with van der Waals surface area (Å²) in [7, 11) is 0. The molecule has 0 heterocycles. The molecule has 0 aliphatic heterocycles. The first-order chi connectivity index (χ1) is 6.02. The van der Waals surface area contributed by atoms with Crippen molar-refractivity contribution in [2.24, 2.45) is 0 Å². The maximum absolute atomic E-state index is 11.9. The first-order valence-corrected chi connectivity index (χ1v) is 4.88. The van der Waals surface area contributed by atoms with Crippen molar-refractivity contribution in [3.8, 4) is 0 Å². The van der Waals surface area contributed by atoms with Crippen molar-refractivity contribution in [2.75, 3.05) is 0 Å². The van der Waals surface area contributed by atoms with Crippen LogP contribution in [0.15, 0.2) is 0 Å². The predicted molar refractivity (Wildman–Crippen MR) is 51.3 cm³/mol. The second-order valence-corrected chi connectivity index (χ2v) is 5.65. The van der Waals surface area contributed by atoms with Gasteiger partial charge < -0.3 is 5.32 Å². The van der Waals surface area contributed by atoms with Gasteiger partial charge in [0.1, 0.15) is 0 Å². The van der Waals surface area contributed by atoms with Gasteiger partial charge >= 0.3 is 6.18 Å². The minimum Gasteiger partial charge on any atom is -0.352 e. The highest BCUT2D eigenvalue weighted by atomic mass is 79.9. The van der Waals surface area contributed by atoms with Gasteiger partial charge in [0.25, 0.3) is 0 Å². The van der Waals surface area contributed by atoms with E-state index in [-0.39, 0.29) is 0 Å². The van der Waals surface area contributed by atoms with Crippen LogP contribution in [-0.2, 0) is 4.79 Å². The van der Waals surface area contributed by atoms with Crippen molar-refractivity contribution >= 4 is 21.8 Å². The van der Waals surface area contributed by atoms with Gasteiger partial charge in [0.15, 0.2) is 0 Å². The van der Waals surface area contributed by atoms with Crippen LogP contribution in [0, 0.1) is 0 Å². The number of hydrogen-bond acceptors (Lipinski definition) is 1. The average Bonchev–Trinajstić information content (AvgIpc) is 1.79. The van der Waals surface area contributed by atoms with Crippen LogP contribution in [0.3, 0.4) is 0 Å². The fourth-order valence-electron chi connectivity index (χ4n) is 0.794. The number of halogens is 4. The highest BCUT2D eigenvalue weighted by Crippen LogP contribution is 2.22. The third-order valence-corrected chi connectivity index (χ3v) is 1.82. The Morgan fingerprint density at radius 2 is 1.86 bits per heavy atom. The fraction of sp³-hybridized carbons (Fsp3) is 0.875. The van der Waals surface area contributed by atoms with Crippen LogP contribution < -0.4 is 5.32 Å². The molecule has 0 bridgehead atoms. The molecule has 0 rings (SSSR count). The van der Waals surface area contributed by atoms with Crippen molar-refractivity contribution < 1.29 is 18.0 Å². The lowest BCUT2D eigenvalue weighted by Gasteiger charge is -2.21. The molecule has 0 aromatic heterocycles. The van der Waals surface area contributed by atoms with Gasteiger partial charge in [-0.1, -0.05) is 15.9 Å². The van der Waals surface area contributed by atoms with E-state index >= 15 is 0 Å². The molecule has 0 radical (unpaired) electrons. The molecule has 6 heteroatoms. The Balaban J connectivity index is 4.09. The van der Waals surface area contributed by atoms with Gasteiger partial charge in [0.05, 0.1) is 10.7 Å². The van der Waals surface area contributed by atoms with Gasteiger partial charge in [0.2, 0.25) is 5.91 Å². The summed E-state index contributed by atoms with van der Waals surface area (Å²) in [6, 6.07) is -0.903. The van der Waals surface area contributed by atoms with E-state index < -0.39 is 28.9 Å². The van der Waals surface area contributed by atoms with E-state index in [1.807, 2.05) is 0 Å². The summed E-state index contributed by atoms with van der Waals surface area (Å²) in [4.78, 5) is 11.2. The highest BCUT2D eigenvalue weighted by Gasteiger charge is 2.32. The number of carbonyl (C=O) groups excluding carboxylic acids is 1. The zero-order valence-electron chi connectivity index (χ0n) is 8.20. The van der Waals surface area contributed by atoms with E-state index in [9.17, 15) is 18.0 Å². The third kappa shape index (κ3) is 6.23. The molecule has 0 aliphatic carbocycles. The summed E-state index contributed by atoms with van der Waals surface area (Å²) in [6.07, 6.45) is -5.26. The minimum absolute atomic E-state index is 0.450. The summed E-state index contributed by atoms with van der Waals surface area (Å²) < 4.78 is 34.8. The first-order valence-electron chi connectivity index (χ1n) is 4.09. The van der Waals surface area contributed by atoms with E-state index in [2.05, 4.69) is 21.2 Å². The molecule has 0 saturated carbocycles. The zero-order chi connectivity index (χ0) is 11.6. The number of rotatable bonds is 3. The lowest BCUT2D eigenvalue weighted by molar-refractivity contribution is -0.141. The quantitative estimate of drug-likeness (QED) is 0.789. The Morgan fingerprint density at radius 1 is 1.43 bits per heavy atom. The number of carbonyl (C=O) groups is 1. The van der Waals surface area contributed by atoms with Gasteiger partial charge in [-0.2, -0.15) is 13.2 Å². The van der Waals surface area contributed by atoms with Gasteiger partial charge in [0, 0.05) is 6.04 Å². The van der Waals surface area contributed by atoms with Crippen molar-refractivity contribution in [3.63, 3.8) is 0 Å². The molecule has 84 valence electrons. The summed E-state index contributed by atoms with van der Waals surface area (Å²) in [6.45, 7) is 4.47. The monoisotopic (exact) mass is 275 g/mol. The van der Waals surface area contributed by atoms with E-state index in [4.69, 9.17) is 0 Å². The van der Waals surface area contributed by atoms with Crippen molar-refractivity contribution in [3.05, 3.63) is 0 Å². The fourth-order valence-corrected chi connectivity index (χ4v) is 0.908. The van der Waals surface area contributed by atoms with Crippen LogP contribution in [0.4, 0.5) is 13.2 Å². The molecular formula is C8H13BrF3NO. The minimum atomic E-state index is -4.25. The summed E-state index contributed by atoms with van der Waals surface area (Å²) in [5, 5.41) is 2.27.